The van der Waals surface area contributed by atoms with E-state index in [2.05, 4.69) is 57.6 Å². The number of pyridine rings is 2. The summed E-state index contributed by atoms with van der Waals surface area (Å²) >= 11 is 0. The molecule has 0 aromatic carbocycles. The molecule has 0 aliphatic carbocycles. The van der Waals surface area contributed by atoms with Gasteiger partial charge in [-0.05, 0) is 44.4 Å². The van der Waals surface area contributed by atoms with E-state index in [-0.39, 0.29) is 12.1 Å². The van der Waals surface area contributed by atoms with Crippen molar-refractivity contribution in [2.45, 2.75) is 64.8 Å². The Morgan fingerprint density at radius 2 is 2.00 bits per heavy atom. The summed E-state index contributed by atoms with van der Waals surface area (Å²) in [5, 5.41) is 8.36. The topological polar surface area (TPSA) is 96.1 Å². The highest BCUT2D eigenvalue weighted by molar-refractivity contribution is 6.76. The van der Waals surface area contributed by atoms with Gasteiger partial charge >= 0.3 is 0 Å². The van der Waals surface area contributed by atoms with Crippen LogP contribution >= 0.6 is 0 Å². The third-order valence-corrected chi connectivity index (χ3v) is 8.54. The second-order valence-corrected chi connectivity index (χ2v) is 16.7. The number of aryl methyl sites for hydroxylation is 1. The molecule has 9 nitrogen and oxygen atoms in total. The van der Waals surface area contributed by atoms with Gasteiger partial charge in [0.15, 0.2) is 0 Å². The van der Waals surface area contributed by atoms with Crippen molar-refractivity contribution >= 4 is 30.7 Å². The Labute approximate surface area is 224 Å². The number of anilines is 1. The fraction of sp³-hybridized carbons (Fsp3) is 0.429. The second-order valence-electron chi connectivity index (χ2n) is 11.1. The van der Waals surface area contributed by atoms with Gasteiger partial charge in [-0.25, -0.2) is 9.67 Å². The van der Waals surface area contributed by atoms with Crippen molar-refractivity contribution in [3.05, 3.63) is 60.4 Å². The van der Waals surface area contributed by atoms with Crippen molar-refractivity contribution < 1.29 is 14.3 Å². The fourth-order valence-corrected chi connectivity index (χ4v) is 5.28. The maximum atomic E-state index is 12.9. The van der Waals surface area contributed by atoms with E-state index in [1.54, 1.807) is 24.7 Å². The molecule has 200 valence electrons. The Morgan fingerprint density at radius 3 is 2.74 bits per heavy atom. The molecule has 1 aliphatic heterocycles. The van der Waals surface area contributed by atoms with Crippen LogP contribution in [0, 0.1) is 6.92 Å². The Morgan fingerprint density at radius 1 is 1.13 bits per heavy atom. The number of nitrogens with zero attached hydrogens (tertiary/aromatic N) is 5. The minimum Gasteiger partial charge on any atom is -0.361 e. The molecule has 1 N–H and O–H groups in total. The smallest absolute Gasteiger partial charge is 0.275 e. The van der Waals surface area contributed by atoms with Gasteiger partial charge in [0, 0.05) is 68.2 Å². The largest absolute Gasteiger partial charge is 0.361 e. The molecule has 10 heteroatoms. The lowest BCUT2D eigenvalue weighted by molar-refractivity contribution is -0.0394. The van der Waals surface area contributed by atoms with Gasteiger partial charge in [0.05, 0.1) is 11.7 Å². The highest BCUT2D eigenvalue weighted by atomic mass is 28.3. The van der Waals surface area contributed by atoms with Gasteiger partial charge in [-0.1, -0.05) is 25.7 Å². The van der Waals surface area contributed by atoms with Crippen molar-refractivity contribution in [2.75, 3.05) is 18.5 Å². The fourth-order valence-electron chi connectivity index (χ4n) is 4.52. The van der Waals surface area contributed by atoms with Crippen LogP contribution in [0.1, 0.15) is 41.7 Å². The number of aromatic nitrogens is 5. The zero-order valence-electron chi connectivity index (χ0n) is 22.6. The molecule has 1 aliphatic rings. The zero-order valence-corrected chi connectivity index (χ0v) is 23.6. The van der Waals surface area contributed by atoms with Crippen LogP contribution in [0.5, 0.6) is 0 Å². The molecule has 0 radical (unpaired) electrons. The average Bonchev–Trinajstić information content (AvgIpc) is 3.51. The number of amides is 1. The van der Waals surface area contributed by atoms with Crippen LogP contribution in [0.3, 0.4) is 0 Å². The third-order valence-electron chi connectivity index (χ3n) is 6.83. The van der Waals surface area contributed by atoms with Gasteiger partial charge in [-0.15, -0.1) is 0 Å². The first kappa shape index (κ1) is 26.3. The number of fused-ring (bicyclic) bond motifs is 1. The maximum absolute atomic E-state index is 12.9. The SMILES string of the molecule is Cc1cc2cnc(NC(=O)c3ccc(-c4cnn(C5CCCCO5)c4)cn3)cc2n1COCC[Si](C)(C)C. The number of hydrogen-bond donors (Lipinski definition) is 1. The minimum atomic E-state index is -1.14. The van der Waals surface area contributed by atoms with Gasteiger partial charge in [-0.2, -0.15) is 5.10 Å². The van der Waals surface area contributed by atoms with E-state index in [1.807, 2.05) is 23.0 Å². The maximum Gasteiger partial charge on any atom is 0.275 e. The van der Waals surface area contributed by atoms with Crippen molar-refractivity contribution in [1.82, 2.24) is 24.3 Å². The Hall–Kier alpha value is -3.34. The molecule has 1 atom stereocenters. The molecule has 1 fully saturated rings. The predicted octanol–water partition coefficient (Wildman–Crippen LogP) is 5.87. The van der Waals surface area contributed by atoms with E-state index in [1.165, 1.54) is 0 Å². The molecule has 5 heterocycles. The van der Waals surface area contributed by atoms with E-state index >= 15 is 0 Å². The van der Waals surface area contributed by atoms with Crippen LogP contribution < -0.4 is 5.32 Å². The van der Waals surface area contributed by atoms with Crippen molar-refractivity contribution in [3.8, 4) is 11.1 Å². The lowest BCUT2D eigenvalue weighted by atomic mass is 10.1. The molecular weight excluding hydrogens is 496 g/mol. The van der Waals surface area contributed by atoms with E-state index in [4.69, 9.17) is 9.47 Å². The first-order chi connectivity index (χ1) is 18.3. The number of carbonyl (C=O) groups is 1. The zero-order chi connectivity index (χ0) is 26.7. The lowest BCUT2D eigenvalue weighted by Gasteiger charge is -2.22. The van der Waals surface area contributed by atoms with Gasteiger partial charge < -0.3 is 19.4 Å². The summed E-state index contributed by atoms with van der Waals surface area (Å²) in [6.07, 6.45) is 10.4. The Balaban J connectivity index is 1.24. The monoisotopic (exact) mass is 532 g/mol. The predicted molar refractivity (Wildman–Crippen MR) is 151 cm³/mol. The summed E-state index contributed by atoms with van der Waals surface area (Å²) < 4.78 is 15.8. The molecule has 0 bridgehead atoms. The molecule has 1 saturated heterocycles. The van der Waals surface area contributed by atoms with Crippen LogP contribution in [-0.2, 0) is 16.2 Å². The third kappa shape index (κ3) is 6.20. The van der Waals surface area contributed by atoms with Crippen LogP contribution in [0.2, 0.25) is 25.7 Å². The summed E-state index contributed by atoms with van der Waals surface area (Å²) in [6.45, 7) is 11.1. The molecule has 38 heavy (non-hydrogen) atoms. The van der Waals surface area contributed by atoms with Crippen LogP contribution in [-0.4, -0.2) is 51.5 Å². The van der Waals surface area contributed by atoms with Crippen LogP contribution in [0.15, 0.2) is 49.1 Å². The highest BCUT2D eigenvalue weighted by Gasteiger charge is 2.18. The molecule has 0 saturated carbocycles. The first-order valence-electron chi connectivity index (χ1n) is 13.2. The summed E-state index contributed by atoms with van der Waals surface area (Å²) in [4.78, 5) is 21.8. The summed E-state index contributed by atoms with van der Waals surface area (Å²) in [7, 11) is -1.14. The van der Waals surface area contributed by atoms with E-state index in [9.17, 15) is 4.79 Å². The number of rotatable bonds is 9. The van der Waals surface area contributed by atoms with E-state index in [0.29, 0.717) is 18.2 Å². The van der Waals surface area contributed by atoms with Gasteiger partial charge in [0.25, 0.3) is 5.91 Å². The number of carbonyl (C=O) groups excluding carboxylic acids is 1. The second kappa shape index (κ2) is 11.2. The lowest BCUT2D eigenvalue weighted by Crippen LogP contribution is -2.22. The van der Waals surface area contributed by atoms with Gasteiger partial charge in [0.2, 0.25) is 0 Å². The minimum absolute atomic E-state index is 0.0121. The van der Waals surface area contributed by atoms with E-state index < -0.39 is 8.07 Å². The van der Waals surface area contributed by atoms with E-state index in [0.717, 1.165) is 66.2 Å². The van der Waals surface area contributed by atoms with Crippen LogP contribution in [0.25, 0.3) is 22.0 Å². The number of ether oxygens (including phenoxy) is 2. The van der Waals surface area contributed by atoms with Gasteiger partial charge in [-0.3, -0.25) is 9.78 Å². The highest BCUT2D eigenvalue weighted by Crippen LogP contribution is 2.26. The Bertz CT molecular complexity index is 1400. The quantitative estimate of drug-likeness (QED) is 0.214. The van der Waals surface area contributed by atoms with Crippen molar-refractivity contribution in [2.24, 2.45) is 0 Å². The number of hydrogen-bond acceptors (Lipinski definition) is 6. The van der Waals surface area contributed by atoms with Gasteiger partial charge in [0.1, 0.15) is 24.5 Å². The summed E-state index contributed by atoms with van der Waals surface area (Å²) in [5.41, 5.74) is 4.22. The standard InChI is InChI=1S/C28H36N6O3Si/c1-20-13-22-16-30-26(14-25(22)33(20)19-36-11-12-38(2,3)4)32-28(35)24-9-8-21(15-29-24)23-17-31-34(18-23)27-7-5-6-10-37-27/h8-9,13-18,27H,5-7,10-12,19H2,1-4H3,(H,30,32,35). The van der Waals surface area contributed by atoms with Crippen molar-refractivity contribution in [1.29, 1.82) is 0 Å². The Kier molecular flexibility index (Phi) is 7.73. The number of nitrogens with one attached hydrogen (secondary N) is 1. The molecule has 5 rings (SSSR count). The summed E-state index contributed by atoms with van der Waals surface area (Å²) in [5.74, 6) is 0.166. The first-order valence-corrected chi connectivity index (χ1v) is 16.9. The molecule has 1 amide bonds. The molecule has 1 unspecified atom stereocenters. The summed E-state index contributed by atoms with van der Waals surface area (Å²) in [6, 6.07) is 8.69. The van der Waals surface area contributed by atoms with Crippen LogP contribution in [0.4, 0.5) is 5.82 Å². The normalized spacial score (nSPS) is 16.2. The average molecular weight is 533 g/mol. The molecular formula is C28H36N6O3Si. The molecule has 0 spiro atoms. The molecule has 4 aromatic rings. The molecule has 4 aromatic heterocycles. The van der Waals surface area contributed by atoms with Crippen molar-refractivity contribution in [3.63, 3.8) is 0 Å².